The molecule has 1 aromatic heterocycles. The van der Waals surface area contributed by atoms with Crippen molar-refractivity contribution in [1.82, 2.24) is 9.97 Å². The summed E-state index contributed by atoms with van der Waals surface area (Å²) in [6.07, 6.45) is 5.44. The molecule has 154 valence electrons. The van der Waals surface area contributed by atoms with Gasteiger partial charge in [0, 0.05) is 37.4 Å². The van der Waals surface area contributed by atoms with Crippen molar-refractivity contribution in [2.45, 2.75) is 50.7 Å². The first kappa shape index (κ1) is 18.7. The molecule has 30 heavy (non-hydrogen) atoms. The third-order valence-corrected chi connectivity index (χ3v) is 5.66. The number of carbonyl (C=O) groups excluding carboxylic acids is 1. The van der Waals surface area contributed by atoms with E-state index in [1.54, 1.807) is 6.07 Å². The topological polar surface area (TPSA) is 93.3 Å². The van der Waals surface area contributed by atoms with Crippen LogP contribution in [0.15, 0.2) is 47.3 Å². The number of aryl methyl sites for hydroxylation is 1. The second-order valence-electron chi connectivity index (χ2n) is 7.91. The van der Waals surface area contributed by atoms with Crippen molar-refractivity contribution in [2.75, 3.05) is 5.32 Å². The molecule has 5 rings (SSSR count). The lowest BCUT2D eigenvalue weighted by Crippen LogP contribution is -2.34. The van der Waals surface area contributed by atoms with Gasteiger partial charge < -0.3 is 19.8 Å². The molecule has 1 fully saturated rings. The molecule has 3 aromatic rings. The minimum absolute atomic E-state index is 0.0902. The van der Waals surface area contributed by atoms with Gasteiger partial charge in [0.05, 0.1) is 10.9 Å². The van der Waals surface area contributed by atoms with Gasteiger partial charge in [-0.2, -0.15) is 0 Å². The molecule has 1 aliphatic carbocycles. The summed E-state index contributed by atoms with van der Waals surface area (Å²) in [5.74, 6) is 1.42. The van der Waals surface area contributed by atoms with Crippen molar-refractivity contribution in [3.63, 3.8) is 0 Å². The van der Waals surface area contributed by atoms with Gasteiger partial charge in [0.2, 0.25) is 5.91 Å². The van der Waals surface area contributed by atoms with E-state index in [-0.39, 0.29) is 11.5 Å². The van der Waals surface area contributed by atoms with Crippen LogP contribution in [0.4, 0.5) is 5.69 Å². The number of hydrogen-bond donors (Lipinski definition) is 2. The number of aromatic amines is 1. The van der Waals surface area contributed by atoms with Crippen molar-refractivity contribution in [3.8, 4) is 11.5 Å². The van der Waals surface area contributed by atoms with Gasteiger partial charge in [0.1, 0.15) is 5.82 Å². The molecule has 0 saturated heterocycles. The number of nitrogens with zero attached hydrogens (tertiary/aromatic N) is 1. The smallest absolute Gasteiger partial charge is 0.258 e. The summed E-state index contributed by atoms with van der Waals surface area (Å²) in [5, 5.41) is 3.48. The summed E-state index contributed by atoms with van der Waals surface area (Å²) >= 11 is 0. The fourth-order valence-corrected chi connectivity index (χ4v) is 4.18. The molecule has 0 atom stereocenters. The fourth-order valence-electron chi connectivity index (χ4n) is 4.18. The summed E-state index contributed by atoms with van der Waals surface area (Å²) < 4.78 is 12.0. The van der Waals surface area contributed by atoms with E-state index in [2.05, 4.69) is 15.3 Å². The van der Waals surface area contributed by atoms with E-state index < -0.39 is 5.79 Å². The monoisotopic (exact) mass is 405 g/mol. The van der Waals surface area contributed by atoms with Crippen LogP contribution in [0, 0.1) is 0 Å². The highest BCUT2D eigenvalue weighted by molar-refractivity contribution is 5.91. The number of aromatic nitrogens is 2. The largest absolute Gasteiger partial charge is 0.448 e. The van der Waals surface area contributed by atoms with Crippen LogP contribution in [0.5, 0.6) is 11.5 Å². The zero-order valence-corrected chi connectivity index (χ0v) is 16.6. The minimum atomic E-state index is -0.505. The molecule has 1 saturated carbocycles. The Labute approximate surface area is 173 Å². The number of benzene rings is 2. The molecule has 1 aliphatic heterocycles. The maximum absolute atomic E-state index is 12.4. The van der Waals surface area contributed by atoms with E-state index in [1.807, 2.05) is 36.4 Å². The Morgan fingerprint density at radius 3 is 2.77 bits per heavy atom. The van der Waals surface area contributed by atoms with Crippen LogP contribution in [0.25, 0.3) is 10.9 Å². The molecule has 2 aliphatic rings. The summed E-state index contributed by atoms with van der Waals surface area (Å²) in [4.78, 5) is 31.8. The number of carbonyl (C=O) groups is 1. The van der Waals surface area contributed by atoms with Gasteiger partial charge in [-0.05, 0) is 43.5 Å². The van der Waals surface area contributed by atoms with E-state index in [1.165, 1.54) is 0 Å². The minimum Gasteiger partial charge on any atom is -0.448 e. The van der Waals surface area contributed by atoms with Crippen molar-refractivity contribution < 1.29 is 14.3 Å². The van der Waals surface area contributed by atoms with E-state index in [4.69, 9.17) is 9.47 Å². The van der Waals surface area contributed by atoms with E-state index in [0.717, 1.165) is 31.4 Å². The molecule has 0 radical (unpaired) electrons. The number of nitrogens with one attached hydrogen (secondary N) is 2. The van der Waals surface area contributed by atoms with Crippen molar-refractivity contribution in [1.29, 1.82) is 0 Å². The maximum Gasteiger partial charge on any atom is 0.258 e. The highest BCUT2D eigenvalue weighted by Crippen LogP contribution is 2.47. The van der Waals surface area contributed by atoms with Crippen LogP contribution < -0.4 is 20.3 Å². The standard InChI is InChI=1S/C23H23N3O4/c27-21(9-5-8-20-25-17-7-2-1-6-16(17)22(28)26-20)24-15-10-11-18-19(14-15)30-23(29-18)12-3-4-13-23/h1-2,6-7,10-11,14H,3-5,8-9,12-13H2,(H,24,27)(H,25,26,28). The Balaban J connectivity index is 1.17. The van der Waals surface area contributed by atoms with Gasteiger partial charge in [-0.25, -0.2) is 4.98 Å². The number of ether oxygens (including phenoxy) is 2. The molecule has 1 spiro atoms. The van der Waals surface area contributed by atoms with Crippen molar-refractivity contribution in [3.05, 3.63) is 58.6 Å². The fraction of sp³-hybridized carbons (Fsp3) is 0.348. The van der Waals surface area contributed by atoms with E-state index in [0.29, 0.717) is 47.4 Å². The second-order valence-corrected chi connectivity index (χ2v) is 7.91. The first-order valence-corrected chi connectivity index (χ1v) is 10.4. The lowest BCUT2D eigenvalue weighted by atomic mass is 10.2. The molecular weight excluding hydrogens is 382 g/mol. The molecule has 7 heteroatoms. The molecule has 2 aromatic carbocycles. The first-order valence-electron chi connectivity index (χ1n) is 10.4. The first-order chi connectivity index (χ1) is 14.6. The number of anilines is 1. The number of para-hydroxylation sites is 1. The van der Waals surface area contributed by atoms with Crippen LogP contribution in [0.3, 0.4) is 0 Å². The highest BCUT2D eigenvalue weighted by atomic mass is 16.7. The van der Waals surface area contributed by atoms with Gasteiger partial charge in [0.25, 0.3) is 11.3 Å². The third-order valence-electron chi connectivity index (χ3n) is 5.66. The van der Waals surface area contributed by atoms with Crippen LogP contribution in [-0.4, -0.2) is 21.7 Å². The SMILES string of the molecule is O=C(CCCc1nc2ccccc2c(=O)[nH]1)Nc1ccc2c(c1)OC1(CCCC1)O2. The molecule has 2 N–H and O–H groups in total. The Hall–Kier alpha value is -3.35. The van der Waals surface area contributed by atoms with E-state index >= 15 is 0 Å². The molecule has 1 amide bonds. The zero-order valence-electron chi connectivity index (χ0n) is 16.6. The van der Waals surface area contributed by atoms with Crippen LogP contribution in [0.1, 0.15) is 44.3 Å². The summed E-state index contributed by atoms with van der Waals surface area (Å²) in [6.45, 7) is 0. The van der Waals surface area contributed by atoms with Gasteiger partial charge in [-0.15, -0.1) is 0 Å². The average molecular weight is 405 g/mol. The normalized spacial score (nSPS) is 16.3. The van der Waals surface area contributed by atoms with Gasteiger partial charge in [-0.1, -0.05) is 12.1 Å². The summed E-state index contributed by atoms with van der Waals surface area (Å²) in [7, 11) is 0. The van der Waals surface area contributed by atoms with Gasteiger partial charge in [-0.3, -0.25) is 9.59 Å². The number of rotatable bonds is 5. The Morgan fingerprint density at radius 1 is 1.10 bits per heavy atom. The molecular formula is C23H23N3O4. The van der Waals surface area contributed by atoms with Crippen molar-refractivity contribution in [2.24, 2.45) is 0 Å². The van der Waals surface area contributed by atoms with Gasteiger partial charge >= 0.3 is 0 Å². The van der Waals surface area contributed by atoms with Gasteiger partial charge in [0.15, 0.2) is 11.5 Å². The van der Waals surface area contributed by atoms with Crippen molar-refractivity contribution >= 4 is 22.5 Å². The molecule has 0 unspecified atom stereocenters. The Kier molecular flexibility index (Phi) is 4.65. The predicted octanol–water partition coefficient (Wildman–Crippen LogP) is 3.93. The molecule has 0 bridgehead atoms. The zero-order chi connectivity index (χ0) is 20.6. The number of fused-ring (bicyclic) bond motifs is 2. The molecule has 7 nitrogen and oxygen atoms in total. The summed E-state index contributed by atoms with van der Waals surface area (Å²) in [6, 6.07) is 12.7. The van der Waals surface area contributed by atoms with Crippen LogP contribution in [0.2, 0.25) is 0 Å². The number of hydrogen-bond acceptors (Lipinski definition) is 5. The number of H-pyrrole nitrogens is 1. The lowest BCUT2D eigenvalue weighted by Gasteiger charge is -2.21. The lowest BCUT2D eigenvalue weighted by molar-refractivity contribution is -0.116. The average Bonchev–Trinajstić information content (AvgIpc) is 3.33. The Morgan fingerprint density at radius 2 is 1.90 bits per heavy atom. The second kappa shape index (κ2) is 7.48. The van der Waals surface area contributed by atoms with Crippen LogP contribution in [-0.2, 0) is 11.2 Å². The quantitative estimate of drug-likeness (QED) is 0.671. The third kappa shape index (κ3) is 3.63. The Bertz CT molecular complexity index is 1160. The number of amides is 1. The molecule has 2 heterocycles. The maximum atomic E-state index is 12.4. The van der Waals surface area contributed by atoms with Crippen LogP contribution >= 0.6 is 0 Å². The highest BCUT2D eigenvalue weighted by Gasteiger charge is 2.44. The predicted molar refractivity (Wildman–Crippen MR) is 113 cm³/mol. The summed E-state index contributed by atoms with van der Waals surface area (Å²) in [5.41, 5.74) is 1.20. The van der Waals surface area contributed by atoms with E-state index in [9.17, 15) is 9.59 Å².